The fourth-order valence-electron chi connectivity index (χ4n) is 1.97. The van der Waals surface area contributed by atoms with Crippen LogP contribution in [0.3, 0.4) is 0 Å². The Bertz CT molecular complexity index is 737. The van der Waals surface area contributed by atoms with Crippen LogP contribution in [0.5, 0.6) is 5.75 Å². The molecule has 0 aliphatic rings. The normalized spacial score (nSPS) is 10.5. The first kappa shape index (κ1) is 13.5. The third kappa shape index (κ3) is 3.35. The average molecular weight is 300 g/mol. The van der Waals surface area contributed by atoms with Crippen LogP contribution in [0.4, 0.5) is 5.69 Å². The van der Waals surface area contributed by atoms with Gasteiger partial charge in [-0.1, -0.05) is 29.8 Å². The van der Waals surface area contributed by atoms with Gasteiger partial charge in [-0.3, -0.25) is 5.10 Å². The van der Waals surface area contributed by atoms with Gasteiger partial charge in [0.15, 0.2) is 0 Å². The highest BCUT2D eigenvalue weighted by atomic mass is 35.5. The summed E-state index contributed by atoms with van der Waals surface area (Å²) in [6.07, 6.45) is 0. The van der Waals surface area contributed by atoms with E-state index in [1.54, 1.807) is 6.07 Å². The molecular weight excluding hydrogens is 286 g/mol. The maximum atomic E-state index is 5.88. The number of nitrogens with one attached hydrogen (secondary N) is 1. The highest BCUT2D eigenvalue weighted by Crippen LogP contribution is 2.21. The highest BCUT2D eigenvalue weighted by Gasteiger charge is 2.05. The molecular formula is C16H14ClN3O. The van der Waals surface area contributed by atoms with Crippen LogP contribution in [0.25, 0.3) is 11.3 Å². The summed E-state index contributed by atoms with van der Waals surface area (Å²) >= 11 is 5.88. The number of hydrogen-bond donors (Lipinski definition) is 2. The van der Waals surface area contributed by atoms with Crippen LogP contribution in [0.2, 0.25) is 5.02 Å². The summed E-state index contributed by atoms with van der Waals surface area (Å²) in [6, 6.07) is 16.8. The van der Waals surface area contributed by atoms with Gasteiger partial charge in [-0.15, -0.1) is 0 Å². The van der Waals surface area contributed by atoms with E-state index >= 15 is 0 Å². The molecule has 3 rings (SSSR count). The van der Waals surface area contributed by atoms with E-state index in [0.29, 0.717) is 17.3 Å². The standard InChI is InChI=1S/C16H14ClN3O/c17-12-6-4-11(5-7-12)16-9-14(19-20-16)10-21-15-3-1-2-13(18)8-15/h1-9H,10,18H2,(H,19,20). The van der Waals surface area contributed by atoms with Crippen LogP contribution < -0.4 is 10.5 Å². The van der Waals surface area contributed by atoms with Crippen LogP contribution in [0.15, 0.2) is 54.6 Å². The van der Waals surface area contributed by atoms with Gasteiger partial charge in [-0.25, -0.2) is 0 Å². The van der Waals surface area contributed by atoms with Gasteiger partial charge in [0.2, 0.25) is 0 Å². The smallest absolute Gasteiger partial charge is 0.130 e. The molecule has 0 aliphatic heterocycles. The molecule has 0 saturated carbocycles. The molecule has 0 aliphatic carbocycles. The summed E-state index contributed by atoms with van der Waals surface area (Å²) in [5.41, 5.74) is 9.14. The van der Waals surface area contributed by atoms with E-state index in [2.05, 4.69) is 10.2 Å². The predicted octanol–water partition coefficient (Wildman–Crippen LogP) is 3.89. The number of halogens is 1. The number of benzene rings is 2. The maximum Gasteiger partial charge on any atom is 0.130 e. The van der Waals surface area contributed by atoms with Gasteiger partial charge >= 0.3 is 0 Å². The number of hydrogen-bond acceptors (Lipinski definition) is 3. The average Bonchev–Trinajstić information content (AvgIpc) is 2.95. The summed E-state index contributed by atoms with van der Waals surface area (Å²) in [7, 11) is 0. The minimum absolute atomic E-state index is 0.407. The number of anilines is 1. The second-order valence-electron chi connectivity index (χ2n) is 4.65. The lowest BCUT2D eigenvalue weighted by molar-refractivity contribution is 0.301. The van der Waals surface area contributed by atoms with Crippen molar-refractivity contribution in [3.63, 3.8) is 0 Å². The molecule has 3 N–H and O–H groups in total. The van der Waals surface area contributed by atoms with E-state index in [0.717, 1.165) is 22.7 Å². The Kier molecular flexibility index (Phi) is 3.79. The van der Waals surface area contributed by atoms with Crippen molar-refractivity contribution < 1.29 is 4.74 Å². The zero-order chi connectivity index (χ0) is 14.7. The Labute approximate surface area is 127 Å². The molecule has 0 spiro atoms. The SMILES string of the molecule is Nc1cccc(OCc2cc(-c3ccc(Cl)cc3)n[nH]2)c1. The Morgan fingerprint density at radius 3 is 2.67 bits per heavy atom. The van der Waals surface area contributed by atoms with Crippen LogP contribution in [-0.2, 0) is 6.61 Å². The summed E-state index contributed by atoms with van der Waals surface area (Å²) in [5, 5.41) is 7.95. The Hall–Kier alpha value is -2.46. The molecule has 2 aromatic carbocycles. The van der Waals surface area contributed by atoms with Gasteiger partial charge in [-0.2, -0.15) is 5.10 Å². The summed E-state index contributed by atoms with van der Waals surface area (Å²) in [5.74, 6) is 0.734. The topological polar surface area (TPSA) is 63.9 Å². The molecule has 5 heteroatoms. The molecule has 0 bridgehead atoms. The lowest BCUT2D eigenvalue weighted by atomic mass is 10.1. The van der Waals surface area contributed by atoms with Crippen molar-refractivity contribution in [2.75, 3.05) is 5.73 Å². The highest BCUT2D eigenvalue weighted by molar-refractivity contribution is 6.30. The number of ether oxygens (including phenoxy) is 1. The molecule has 0 saturated heterocycles. The number of nitrogens with zero attached hydrogens (tertiary/aromatic N) is 1. The third-order valence-electron chi connectivity index (χ3n) is 3.02. The molecule has 0 amide bonds. The van der Waals surface area contributed by atoms with E-state index in [4.69, 9.17) is 22.1 Å². The molecule has 106 valence electrons. The molecule has 3 aromatic rings. The second kappa shape index (κ2) is 5.89. The lowest BCUT2D eigenvalue weighted by Crippen LogP contribution is -1.96. The Balaban J connectivity index is 1.69. The fraction of sp³-hybridized carbons (Fsp3) is 0.0625. The zero-order valence-electron chi connectivity index (χ0n) is 11.2. The van der Waals surface area contributed by atoms with Crippen molar-refractivity contribution in [3.05, 3.63) is 65.3 Å². The van der Waals surface area contributed by atoms with Crippen LogP contribution in [0, 0.1) is 0 Å². The second-order valence-corrected chi connectivity index (χ2v) is 5.08. The van der Waals surface area contributed by atoms with Crippen LogP contribution in [0.1, 0.15) is 5.69 Å². The number of H-pyrrole nitrogens is 1. The monoisotopic (exact) mass is 299 g/mol. The van der Waals surface area contributed by atoms with Crippen LogP contribution >= 0.6 is 11.6 Å². The summed E-state index contributed by atoms with van der Waals surface area (Å²) < 4.78 is 5.67. The van der Waals surface area contributed by atoms with Gasteiger partial charge in [0.25, 0.3) is 0 Å². The molecule has 1 heterocycles. The Morgan fingerprint density at radius 2 is 1.90 bits per heavy atom. The number of aromatic nitrogens is 2. The minimum atomic E-state index is 0.407. The number of nitrogens with two attached hydrogens (primary N) is 1. The molecule has 0 fully saturated rings. The Morgan fingerprint density at radius 1 is 1.10 bits per heavy atom. The first-order chi connectivity index (χ1) is 10.2. The molecule has 0 unspecified atom stereocenters. The van der Waals surface area contributed by atoms with Crippen molar-refractivity contribution in [2.24, 2.45) is 0 Å². The molecule has 4 nitrogen and oxygen atoms in total. The van der Waals surface area contributed by atoms with Crippen molar-refractivity contribution >= 4 is 17.3 Å². The number of aromatic amines is 1. The summed E-state index contributed by atoms with van der Waals surface area (Å²) in [4.78, 5) is 0. The number of nitrogen functional groups attached to an aromatic ring is 1. The molecule has 0 radical (unpaired) electrons. The van der Waals surface area contributed by atoms with Crippen LogP contribution in [-0.4, -0.2) is 10.2 Å². The fourth-order valence-corrected chi connectivity index (χ4v) is 2.10. The molecule has 21 heavy (non-hydrogen) atoms. The van der Waals surface area contributed by atoms with Crippen molar-refractivity contribution in [1.29, 1.82) is 0 Å². The van der Waals surface area contributed by atoms with E-state index in [1.807, 2.05) is 48.5 Å². The van der Waals surface area contributed by atoms with Crippen molar-refractivity contribution in [3.8, 4) is 17.0 Å². The van der Waals surface area contributed by atoms with Gasteiger partial charge < -0.3 is 10.5 Å². The number of rotatable bonds is 4. The first-order valence-electron chi connectivity index (χ1n) is 6.49. The van der Waals surface area contributed by atoms with E-state index in [1.165, 1.54) is 0 Å². The third-order valence-corrected chi connectivity index (χ3v) is 3.28. The van der Waals surface area contributed by atoms with Crippen molar-refractivity contribution in [1.82, 2.24) is 10.2 Å². The maximum absolute atomic E-state index is 5.88. The van der Waals surface area contributed by atoms with E-state index in [9.17, 15) is 0 Å². The molecule has 0 atom stereocenters. The van der Waals surface area contributed by atoms with E-state index < -0.39 is 0 Å². The van der Waals surface area contributed by atoms with Crippen molar-refractivity contribution in [2.45, 2.75) is 6.61 Å². The quantitative estimate of drug-likeness (QED) is 0.718. The van der Waals surface area contributed by atoms with Gasteiger partial charge in [-0.05, 0) is 30.3 Å². The van der Waals surface area contributed by atoms with Gasteiger partial charge in [0, 0.05) is 22.3 Å². The van der Waals surface area contributed by atoms with Gasteiger partial charge in [0.1, 0.15) is 12.4 Å². The predicted molar refractivity (Wildman–Crippen MR) is 84.2 cm³/mol. The summed E-state index contributed by atoms with van der Waals surface area (Å²) in [6.45, 7) is 0.407. The minimum Gasteiger partial charge on any atom is -0.487 e. The zero-order valence-corrected chi connectivity index (χ0v) is 12.0. The van der Waals surface area contributed by atoms with Gasteiger partial charge in [0.05, 0.1) is 11.4 Å². The molecule has 1 aromatic heterocycles. The first-order valence-corrected chi connectivity index (χ1v) is 6.87. The van der Waals surface area contributed by atoms with E-state index in [-0.39, 0.29) is 0 Å². The lowest BCUT2D eigenvalue weighted by Gasteiger charge is -2.04. The largest absolute Gasteiger partial charge is 0.487 e.